The molecule has 0 unspecified atom stereocenters. The normalized spacial score (nSPS) is 10.9. The number of rotatable bonds is 9. The van der Waals surface area contributed by atoms with Gasteiger partial charge in [0.1, 0.15) is 5.75 Å². The molecule has 0 atom stereocenters. The van der Waals surface area contributed by atoms with Crippen molar-refractivity contribution < 1.29 is 9.47 Å². The molecule has 0 saturated carbocycles. The number of nitrogens with one attached hydrogen (secondary N) is 1. The summed E-state index contributed by atoms with van der Waals surface area (Å²) in [6.45, 7) is 4.75. The average Bonchev–Trinajstić information content (AvgIpc) is 2.48. The summed E-state index contributed by atoms with van der Waals surface area (Å²) in [6, 6.07) is 7.84. The molecular weight excluding hydrogens is 381 g/mol. The van der Waals surface area contributed by atoms with Gasteiger partial charge >= 0.3 is 0 Å². The highest BCUT2D eigenvalue weighted by Crippen LogP contribution is 2.11. The Morgan fingerprint density at radius 3 is 2.62 bits per heavy atom. The molecule has 0 aliphatic rings. The maximum atomic E-state index is 5.71. The van der Waals surface area contributed by atoms with Gasteiger partial charge in [0, 0.05) is 13.1 Å². The fourth-order valence-electron chi connectivity index (χ4n) is 1.58. The maximum absolute atomic E-state index is 5.71. The number of nitrogens with zero attached hydrogens (tertiary/aromatic N) is 1. The zero-order chi connectivity index (χ0) is 14.6. The molecule has 0 heterocycles. The van der Waals surface area contributed by atoms with Crippen LogP contribution in [0.5, 0.6) is 5.75 Å². The van der Waals surface area contributed by atoms with Gasteiger partial charge < -0.3 is 20.5 Å². The van der Waals surface area contributed by atoms with E-state index in [4.69, 9.17) is 15.2 Å². The molecule has 3 N–H and O–H groups in total. The lowest BCUT2D eigenvalue weighted by molar-refractivity contribution is 0.125. The van der Waals surface area contributed by atoms with Gasteiger partial charge in [0.05, 0.1) is 20.3 Å². The number of hydrogen-bond acceptors (Lipinski definition) is 3. The van der Waals surface area contributed by atoms with Crippen LogP contribution in [0.1, 0.15) is 25.3 Å². The minimum absolute atomic E-state index is 0. The monoisotopic (exact) mass is 407 g/mol. The minimum Gasteiger partial charge on any atom is -0.497 e. The van der Waals surface area contributed by atoms with E-state index in [0.29, 0.717) is 25.7 Å². The quantitative estimate of drug-likeness (QED) is 0.286. The highest BCUT2D eigenvalue weighted by molar-refractivity contribution is 14.0. The smallest absolute Gasteiger partial charge is 0.188 e. The second-order valence-corrected chi connectivity index (χ2v) is 4.45. The van der Waals surface area contributed by atoms with Crippen LogP contribution in [0, 0.1) is 0 Å². The second kappa shape index (κ2) is 12.7. The van der Waals surface area contributed by atoms with Crippen LogP contribution in [0.15, 0.2) is 29.3 Å². The summed E-state index contributed by atoms with van der Waals surface area (Å²) in [5.74, 6) is 1.35. The summed E-state index contributed by atoms with van der Waals surface area (Å²) in [7, 11) is 1.66. The Bertz CT molecular complexity index is 396. The molecule has 21 heavy (non-hydrogen) atoms. The second-order valence-electron chi connectivity index (χ2n) is 4.45. The van der Waals surface area contributed by atoms with E-state index in [1.54, 1.807) is 7.11 Å². The first-order valence-corrected chi connectivity index (χ1v) is 7.00. The van der Waals surface area contributed by atoms with Gasteiger partial charge in [-0.2, -0.15) is 0 Å². The van der Waals surface area contributed by atoms with Gasteiger partial charge in [0.15, 0.2) is 5.96 Å². The minimum atomic E-state index is 0. The van der Waals surface area contributed by atoms with Crippen LogP contribution in [0.25, 0.3) is 0 Å². The number of unbranched alkanes of at least 4 members (excludes halogenated alkanes) is 1. The zero-order valence-electron chi connectivity index (χ0n) is 12.8. The van der Waals surface area contributed by atoms with Crippen LogP contribution in [-0.2, 0) is 11.3 Å². The standard InChI is InChI=1S/C15H25N3O2.HI/c1-3-4-9-17-15(16)18-10-11-20-12-13-5-7-14(19-2)8-6-13;/h5-8H,3-4,9-12H2,1-2H3,(H3,16,17,18);1H. The predicted molar refractivity (Wildman–Crippen MR) is 97.5 cm³/mol. The van der Waals surface area contributed by atoms with Crippen LogP contribution in [0.4, 0.5) is 0 Å². The van der Waals surface area contributed by atoms with Crippen molar-refractivity contribution in [3.63, 3.8) is 0 Å². The topological polar surface area (TPSA) is 68.9 Å². The van der Waals surface area contributed by atoms with E-state index in [9.17, 15) is 0 Å². The van der Waals surface area contributed by atoms with Crippen molar-refractivity contribution in [3.05, 3.63) is 29.8 Å². The number of ether oxygens (including phenoxy) is 2. The molecule has 0 saturated heterocycles. The Hall–Kier alpha value is -1.02. The van der Waals surface area contributed by atoms with E-state index in [1.807, 2.05) is 24.3 Å². The van der Waals surface area contributed by atoms with Gasteiger partial charge in [0.2, 0.25) is 0 Å². The van der Waals surface area contributed by atoms with E-state index in [1.165, 1.54) is 0 Å². The summed E-state index contributed by atoms with van der Waals surface area (Å²) in [5.41, 5.74) is 6.83. The summed E-state index contributed by atoms with van der Waals surface area (Å²) >= 11 is 0. The number of aliphatic imine (C=N–C) groups is 1. The molecular formula is C15H26IN3O2. The van der Waals surface area contributed by atoms with E-state index in [2.05, 4.69) is 17.2 Å². The molecule has 1 aromatic rings. The first-order valence-electron chi connectivity index (χ1n) is 7.00. The molecule has 1 aromatic carbocycles. The Balaban J connectivity index is 0.00000400. The van der Waals surface area contributed by atoms with Gasteiger partial charge in [-0.25, -0.2) is 0 Å². The van der Waals surface area contributed by atoms with Crippen LogP contribution in [0.3, 0.4) is 0 Å². The largest absolute Gasteiger partial charge is 0.497 e. The fraction of sp³-hybridized carbons (Fsp3) is 0.533. The van der Waals surface area contributed by atoms with Crippen molar-refractivity contribution in [2.75, 3.05) is 26.8 Å². The Morgan fingerprint density at radius 2 is 2.00 bits per heavy atom. The Labute approximate surface area is 144 Å². The lowest BCUT2D eigenvalue weighted by Crippen LogP contribution is -2.34. The number of nitrogens with two attached hydrogens (primary N) is 1. The fourth-order valence-corrected chi connectivity index (χ4v) is 1.58. The van der Waals surface area contributed by atoms with Crippen LogP contribution in [-0.4, -0.2) is 32.8 Å². The first-order chi connectivity index (χ1) is 9.76. The molecule has 0 amide bonds. The third-order valence-electron chi connectivity index (χ3n) is 2.77. The molecule has 0 aromatic heterocycles. The molecule has 0 spiro atoms. The third-order valence-corrected chi connectivity index (χ3v) is 2.77. The average molecular weight is 407 g/mol. The van der Waals surface area contributed by atoms with Crippen LogP contribution in [0.2, 0.25) is 0 Å². The summed E-state index contributed by atoms with van der Waals surface area (Å²) in [5, 5.41) is 3.03. The number of guanidine groups is 1. The Morgan fingerprint density at radius 1 is 1.29 bits per heavy atom. The van der Waals surface area contributed by atoms with E-state index >= 15 is 0 Å². The highest BCUT2D eigenvalue weighted by atomic mass is 127. The van der Waals surface area contributed by atoms with Gasteiger partial charge in [-0.05, 0) is 24.1 Å². The Kier molecular flexibility index (Phi) is 12.1. The lowest BCUT2D eigenvalue weighted by atomic mass is 10.2. The predicted octanol–water partition coefficient (Wildman–Crippen LogP) is 2.53. The van der Waals surface area contributed by atoms with E-state index in [0.717, 1.165) is 30.7 Å². The van der Waals surface area contributed by atoms with Gasteiger partial charge in [0.25, 0.3) is 0 Å². The maximum Gasteiger partial charge on any atom is 0.188 e. The van der Waals surface area contributed by atoms with Crippen molar-refractivity contribution in [1.29, 1.82) is 0 Å². The molecule has 0 fully saturated rings. The van der Waals surface area contributed by atoms with Crippen molar-refractivity contribution >= 4 is 29.9 Å². The summed E-state index contributed by atoms with van der Waals surface area (Å²) in [4.78, 5) is 4.20. The molecule has 0 aliphatic carbocycles. The first kappa shape index (κ1) is 20.0. The zero-order valence-corrected chi connectivity index (χ0v) is 15.1. The van der Waals surface area contributed by atoms with E-state index in [-0.39, 0.29) is 24.0 Å². The number of hydrogen-bond donors (Lipinski definition) is 2. The number of halogens is 1. The van der Waals surface area contributed by atoms with Gasteiger partial charge in [-0.1, -0.05) is 25.5 Å². The van der Waals surface area contributed by atoms with Crippen LogP contribution >= 0.6 is 24.0 Å². The molecule has 5 nitrogen and oxygen atoms in total. The summed E-state index contributed by atoms with van der Waals surface area (Å²) in [6.07, 6.45) is 2.19. The highest BCUT2D eigenvalue weighted by Gasteiger charge is 1.95. The molecule has 0 aliphatic heterocycles. The molecule has 6 heteroatoms. The molecule has 0 radical (unpaired) electrons. The SMILES string of the molecule is CCCCN=C(N)NCCOCc1ccc(OC)cc1.I. The number of benzene rings is 1. The summed E-state index contributed by atoms with van der Waals surface area (Å²) < 4.78 is 10.7. The van der Waals surface area contributed by atoms with Gasteiger partial charge in [-0.15, -0.1) is 24.0 Å². The molecule has 0 bridgehead atoms. The van der Waals surface area contributed by atoms with E-state index < -0.39 is 0 Å². The third kappa shape index (κ3) is 9.52. The van der Waals surface area contributed by atoms with Gasteiger partial charge in [-0.3, -0.25) is 4.99 Å². The van der Waals surface area contributed by atoms with Crippen molar-refractivity contribution in [2.45, 2.75) is 26.4 Å². The van der Waals surface area contributed by atoms with Crippen molar-refractivity contribution in [1.82, 2.24) is 5.32 Å². The molecule has 120 valence electrons. The van der Waals surface area contributed by atoms with Crippen LogP contribution < -0.4 is 15.8 Å². The van der Waals surface area contributed by atoms with Crippen molar-refractivity contribution in [2.24, 2.45) is 10.7 Å². The number of methoxy groups -OCH3 is 1. The lowest BCUT2D eigenvalue weighted by Gasteiger charge is -2.07. The van der Waals surface area contributed by atoms with Crippen molar-refractivity contribution in [3.8, 4) is 5.75 Å². The molecule has 1 rings (SSSR count).